The van der Waals surface area contributed by atoms with Crippen molar-refractivity contribution in [3.63, 3.8) is 0 Å². The molecule has 2 N–H and O–H groups in total. The molecule has 1 rings (SSSR count). The number of halogens is 1. The maximum atomic E-state index is 10.2. The molecule has 0 radical (unpaired) electrons. The van der Waals surface area contributed by atoms with Gasteiger partial charge in [0, 0.05) is 23.3 Å². The van der Waals surface area contributed by atoms with Gasteiger partial charge in [0.25, 0.3) is 0 Å². The lowest BCUT2D eigenvalue weighted by Crippen LogP contribution is -2.12. The predicted octanol–water partition coefficient (Wildman–Crippen LogP) is 2.59. The van der Waals surface area contributed by atoms with Crippen LogP contribution in [0.15, 0.2) is 36.5 Å². The normalized spacial score (nSPS) is 12.7. The summed E-state index contributed by atoms with van der Waals surface area (Å²) in [6.45, 7) is 1.93. The van der Waals surface area contributed by atoms with Gasteiger partial charge >= 0.3 is 5.97 Å². The van der Waals surface area contributed by atoms with E-state index in [2.05, 4.69) is 5.32 Å². The van der Waals surface area contributed by atoms with Crippen molar-refractivity contribution >= 4 is 17.6 Å². The molecule has 1 aromatic carbocycles. The molecule has 0 aromatic heterocycles. The smallest absolute Gasteiger partial charge is 0.329 e. The molecule has 0 saturated carbocycles. The van der Waals surface area contributed by atoms with Crippen LogP contribution in [0, 0.1) is 0 Å². The molecular formula is C11H12ClNO2. The van der Waals surface area contributed by atoms with Crippen molar-refractivity contribution in [1.82, 2.24) is 5.32 Å². The fourth-order valence-corrected chi connectivity index (χ4v) is 1.33. The lowest BCUT2D eigenvalue weighted by Gasteiger charge is -2.11. The minimum Gasteiger partial charge on any atom is -0.478 e. The molecular weight excluding hydrogens is 214 g/mol. The summed E-state index contributed by atoms with van der Waals surface area (Å²) in [7, 11) is 0. The molecule has 1 atom stereocenters. The maximum absolute atomic E-state index is 10.2. The first-order valence-corrected chi connectivity index (χ1v) is 4.88. The van der Waals surface area contributed by atoms with Gasteiger partial charge < -0.3 is 10.4 Å². The molecule has 1 aromatic rings. The number of carbonyl (C=O) groups is 1. The Kier molecular flexibility index (Phi) is 4.18. The van der Waals surface area contributed by atoms with Crippen LogP contribution in [0.1, 0.15) is 18.5 Å². The number of benzene rings is 1. The summed E-state index contributed by atoms with van der Waals surface area (Å²) >= 11 is 5.83. The highest BCUT2D eigenvalue weighted by Crippen LogP contribution is 2.16. The van der Waals surface area contributed by atoms with Crippen LogP contribution in [0.4, 0.5) is 0 Å². The zero-order valence-electron chi connectivity index (χ0n) is 8.27. The fourth-order valence-electron chi connectivity index (χ4n) is 1.14. The van der Waals surface area contributed by atoms with Crippen molar-refractivity contribution in [2.75, 3.05) is 0 Å². The number of hydrogen-bond acceptors (Lipinski definition) is 2. The number of carboxylic acid groups (broad SMARTS) is 1. The molecule has 80 valence electrons. The van der Waals surface area contributed by atoms with Crippen LogP contribution in [0.25, 0.3) is 0 Å². The summed E-state index contributed by atoms with van der Waals surface area (Å²) in [6.07, 6.45) is 2.47. The third kappa shape index (κ3) is 4.04. The number of nitrogens with one attached hydrogen (secondary N) is 1. The Morgan fingerprint density at radius 2 is 2.33 bits per heavy atom. The lowest BCUT2D eigenvalue weighted by molar-refractivity contribution is -0.131. The van der Waals surface area contributed by atoms with Gasteiger partial charge in [-0.3, -0.25) is 0 Å². The molecule has 0 spiro atoms. The first-order valence-electron chi connectivity index (χ1n) is 4.50. The Morgan fingerprint density at radius 3 is 2.93 bits per heavy atom. The standard InChI is InChI=1S/C11H12ClNO2/c1-8(13-6-5-11(14)15)9-3-2-4-10(12)7-9/h2-8,13H,1H3,(H,14,15)/b6-5+/t8-/m0/s1. The minimum atomic E-state index is -0.971. The predicted molar refractivity (Wildman–Crippen MR) is 59.8 cm³/mol. The van der Waals surface area contributed by atoms with Crippen molar-refractivity contribution in [1.29, 1.82) is 0 Å². The van der Waals surface area contributed by atoms with Gasteiger partial charge in [-0.25, -0.2) is 4.79 Å². The van der Waals surface area contributed by atoms with E-state index in [-0.39, 0.29) is 6.04 Å². The van der Waals surface area contributed by atoms with Gasteiger partial charge in [-0.05, 0) is 24.6 Å². The van der Waals surface area contributed by atoms with Gasteiger partial charge in [-0.2, -0.15) is 0 Å². The Balaban J connectivity index is 2.61. The van der Waals surface area contributed by atoms with E-state index in [1.165, 1.54) is 6.20 Å². The minimum absolute atomic E-state index is 0.0271. The quantitative estimate of drug-likeness (QED) is 0.775. The van der Waals surface area contributed by atoms with E-state index >= 15 is 0 Å². The highest BCUT2D eigenvalue weighted by Gasteiger charge is 2.02. The average Bonchev–Trinajstić information content (AvgIpc) is 2.17. The van der Waals surface area contributed by atoms with E-state index in [0.717, 1.165) is 11.6 Å². The highest BCUT2D eigenvalue weighted by molar-refractivity contribution is 6.30. The van der Waals surface area contributed by atoms with E-state index in [4.69, 9.17) is 16.7 Å². The number of rotatable bonds is 4. The van der Waals surface area contributed by atoms with E-state index in [1.807, 2.05) is 25.1 Å². The number of carboxylic acids is 1. The summed E-state index contributed by atoms with van der Waals surface area (Å²) in [5, 5.41) is 12.0. The van der Waals surface area contributed by atoms with Crippen molar-refractivity contribution in [3.8, 4) is 0 Å². The van der Waals surface area contributed by atoms with Crippen LogP contribution in [0.3, 0.4) is 0 Å². The van der Waals surface area contributed by atoms with Crippen LogP contribution in [0.2, 0.25) is 5.02 Å². The molecule has 0 aliphatic heterocycles. The molecule has 0 bridgehead atoms. The average molecular weight is 226 g/mol. The van der Waals surface area contributed by atoms with E-state index < -0.39 is 5.97 Å². The van der Waals surface area contributed by atoms with Crippen molar-refractivity contribution in [2.45, 2.75) is 13.0 Å². The molecule has 3 nitrogen and oxygen atoms in total. The Bertz CT molecular complexity index is 377. The zero-order valence-corrected chi connectivity index (χ0v) is 9.03. The molecule has 4 heteroatoms. The van der Waals surface area contributed by atoms with Gasteiger partial charge in [0.2, 0.25) is 0 Å². The summed E-state index contributed by atoms with van der Waals surface area (Å²) in [4.78, 5) is 10.2. The molecule has 0 saturated heterocycles. The Labute approximate surface area is 93.4 Å². The first-order chi connectivity index (χ1) is 7.09. The van der Waals surface area contributed by atoms with Gasteiger partial charge in [-0.15, -0.1) is 0 Å². The van der Waals surface area contributed by atoms with E-state index in [9.17, 15) is 4.79 Å². The monoisotopic (exact) mass is 225 g/mol. The Hall–Kier alpha value is -1.48. The van der Waals surface area contributed by atoms with E-state index in [0.29, 0.717) is 5.02 Å². The summed E-state index contributed by atoms with van der Waals surface area (Å²) < 4.78 is 0. The second-order valence-corrected chi connectivity index (χ2v) is 3.55. The number of hydrogen-bond donors (Lipinski definition) is 2. The topological polar surface area (TPSA) is 49.3 Å². The van der Waals surface area contributed by atoms with Gasteiger partial charge in [-0.1, -0.05) is 23.7 Å². The van der Waals surface area contributed by atoms with E-state index in [1.54, 1.807) is 6.07 Å². The molecule has 0 amide bonds. The second-order valence-electron chi connectivity index (χ2n) is 3.11. The van der Waals surface area contributed by atoms with Crippen LogP contribution in [-0.2, 0) is 4.79 Å². The molecule has 0 heterocycles. The summed E-state index contributed by atoms with van der Waals surface area (Å²) in [5.41, 5.74) is 1.01. The van der Waals surface area contributed by atoms with Crippen molar-refractivity contribution in [3.05, 3.63) is 47.1 Å². The zero-order chi connectivity index (χ0) is 11.3. The molecule has 0 fully saturated rings. The first kappa shape index (κ1) is 11.6. The van der Waals surface area contributed by atoms with Gasteiger partial charge in [0.15, 0.2) is 0 Å². The SMILES string of the molecule is C[C@H](N/C=C/C(=O)O)c1cccc(Cl)c1. The van der Waals surface area contributed by atoms with Crippen LogP contribution >= 0.6 is 11.6 Å². The molecule has 15 heavy (non-hydrogen) atoms. The van der Waals surface area contributed by atoms with Gasteiger partial charge in [0.05, 0.1) is 0 Å². The van der Waals surface area contributed by atoms with Gasteiger partial charge in [0.1, 0.15) is 0 Å². The lowest BCUT2D eigenvalue weighted by atomic mass is 10.1. The maximum Gasteiger partial charge on any atom is 0.329 e. The third-order valence-corrected chi connectivity index (χ3v) is 2.16. The van der Waals surface area contributed by atoms with Crippen molar-refractivity contribution in [2.24, 2.45) is 0 Å². The fraction of sp³-hybridized carbons (Fsp3) is 0.182. The van der Waals surface area contributed by atoms with Crippen molar-refractivity contribution < 1.29 is 9.90 Å². The number of aliphatic carboxylic acids is 1. The second kappa shape index (κ2) is 5.41. The third-order valence-electron chi connectivity index (χ3n) is 1.92. The largest absolute Gasteiger partial charge is 0.478 e. The van der Waals surface area contributed by atoms with Crippen LogP contribution < -0.4 is 5.32 Å². The van der Waals surface area contributed by atoms with Crippen LogP contribution in [0.5, 0.6) is 0 Å². The highest BCUT2D eigenvalue weighted by atomic mass is 35.5. The molecule has 0 aliphatic rings. The summed E-state index contributed by atoms with van der Waals surface area (Å²) in [6, 6.07) is 7.45. The summed E-state index contributed by atoms with van der Waals surface area (Å²) in [5.74, 6) is -0.971. The molecule has 0 unspecified atom stereocenters. The van der Waals surface area contributed by atoms with Crippen LogP contribution in [-0.4, -0.2) is 11.1 Å². The Morgan fingerprint density at radius 1 is 1.60 bits per heavy atom. The molecule has 0 aliphatic carbocycles.